The molecule has 8 heteroatoms. The number of hydrogen-bond acceptors (Lipinski definition) is 6. The summed E-state index contributed by atoms with van der Waals surface area (Å²) in [7, 11) is 0. The van der Waals surface area contributed by atoms with Crippen molar-refractivity contribution >= 4 is 5.71 Å². The lowest BCUT2D eigenvalue weighted by Gasteiger charge is -2.25. The van der Waals surface area contributed by atoms with E-state index in [1.807, 2.05) is 12.1 Å². The Bertz CT molecular complexity index is 942. The van der Waals surface area contributed by atoms with Gasteiger partial charge in [0.2, 0.25) is 5.88 Å². The molecule has 0 aromatic carbocycles. The lowest BCUT2D eigenvalue weighted by Crippen LogP contribution is -2.36. The third-order valence-corrected chi connectivity index (χ3v) is 5.19. The SMILES string of the molecule is O=c1[nH]c(=O)n(C2CCCCC2)c(O)c1C1=NNC(c2cccnc2)C1. The topological polar surface area (TPSA) is 112 Å². The number of nitrogens with zero attached hydrogens (tertiary/aromatic N) is 3. The zero-order valence-corrected chi connectivity index (χ0v) is 14.3. The first-order valence-corrected chi connectivity index (χ1v) is 8.95. The van der Waals surface area contributed by atoms with Crippen LogP contribution in [0.1, 0.15) is 61.7 Å². The lowest BCUT2D eigenvalue weighted by molar-refractivity contribution is 0.298. The molecular formula is C18H21N5O3. The normalized spacial score (nSPS) is 20.6. The van der Waals surface area contributed by atoms with E-state index in [1.165, 1.54) is 4.57 Å². The molecule has 1 atom stereocenters. The predicted octanol–water partition coefficient (Wildman–Crippen LogP) is 1.58. The Morgan fingerprint density at radius 3 is 2.73 bits per heavy atom. The molecular weight excluding hydrogens is 334 g/mol. The molecule has 1 aliphatic carbocycles. The number of aromatic hydroxyl groups is 1. The van der Waals surface area contributed by atoms with Gasteiger partial charge in [0.05, 0.1) is 11.8 Å². The quantitative estimate of drug-likeness (QED) is 0.774. The molecule has 0 bridgehead atoms. The molecule has 2 aromatic rings. The lowest BCUT2D eigenvalue weighted by atomic mass is 9.95. The molecule has 8 nitrogen and oxygen atoms in total. The van der Waals surface area contributed by atoms with Crippen LogP contribution in [0, 0.1) is 0 Å². The van der Waals surface area contributed by atoms with Crippen LogP contribution in [0.15, 0.2) is 39.2 Å². The van der Waals surface area contributed by atoms with Gasteiger partial charge >= 0.3 is 5.69 Å². The summed E-state index contributed by atoms with van der Waals surface area (Å²) in [6.07, 6.45) is 8.66. The molecule has 2 aromatic heterocycles. The maximum Gasteiger partial charge on any atom is 0.331 e. The van der Waals surface area contributed by atoms with E-state index < -0.39 is 11.2 Å². The average Bonchev–Trinajstić information content (AvgIpc) is 3.12. The van der Waals surface area contributed by atoms with Crippen molar-refractivity contribution in [1.29, 1.82) is 0 Å². The fraction of sp³-hybridized carbons (Fsp3) is 0.444. The number of hydrazone groups is 1. The van der Waals surface area contributed by atoms with Crippen molar-refractivity contribution in [3.63, 3.8) is 0 Å². The van der Waals surface area contributed by atoms with Gasteiger partial charge in [-0.2, -0.15) is 5.10 Å². The van der Waals surface area contributed by atoms with Gasteiger partial charge in [-0.1, -0.05) is 25.3 Å². The van der Waals surface area contributed by atoms with Crippen molar-refractivity contribution in [2.24, 2.45) is 5.10 Å². The van der Waals surface area contributed by atoms with Crippen LogP contribution in [0.4, 0.5) is 0 Å². The van der Waals surface area contributed by atoms with E-state index in [1.54, 1.807) is 12.4 Å². The van der Waals surface area contributed by atoms with Crippen LogP contribution in [0.5, 0.6) is 5.88 Å². The average molecular weight is 355 g/mol. The highest BCUT2D eigenvalue weighted by atomic mass is 16.3. The first-order valence-electron chi connectivity index (χ1n) is 8.95. The molecule has 3 heterocycles. The Morgan fingerprint density at radius 2 is 2.00 bits per heavy atom. The molecule has 0 spiro atoms. The summed E-state index contributed by atoms with van der Waals surface area (Å²) in [5.74, 6) is -0.280. The summed E-state index contributed by atoms with van der Waals surface area (Å²) in [5.41, 5.74) is 3.30. The second-order valence-electron chi connectivity index (χ2n) is 6.85. The number of pyridine rings is 1. The number of rotatable bonds is 3. The van der Waals surface area contributed by atoms with E-state index in [-0.39, 0.29) is 23.5 Å². The molecule has 0 radical (unpaired) electrons. The van der Waals surface area contributed by atoms with Crippen molar-refractivity contribution in [2.45, 2.75) is 50.6 Å². The van der Waals surface area contributed by atoms with Gasteiger partial charge in [-0.3, -0.25) is 19.3 Å². The number of aromatic nitrogens is 3. The summed E-state index contributed by atoms with van der Waals surface area (Å²) in [6, 6.07) is 3.56. The van der Waals surface area contributed by atoms with Gasteiger partial charge in [-0.05, 0) is 24.5 Å². The highest BCUT2D eigenvalue weighted by Crippen LogP contribution is 2.31. The number of H-pyrrole nitrogens is 1. The Labute approximate surface area is 149 Å². The van der Waals surface area contributed by atoms with E-state index in [0.29, 0.717) is 12.1 Å². The Hall–Kier alpha value is -2.90. The van der Waals surface area contributed by atoms with E-state index >= 15 is 0 Å². The molecule has 1 unspecified atom stereocenters. The van der Waals surface area contributed by atoms with Crippen molar-refractivity contribution in [2.75, 3.05) is 0 Å². The van der Waals surface area contributed by atoms with Gasteiger partial charge in [-0.25, -0.2) is 4.79 Å². The molecule has 136 valence electrons. The van der Waals surface area contributed by atoms with Crippen molar-refractivity contribution in [1.82, 2.24) is 20.0 Å². The van der Waals surface area contributed by atoms with Crippen molar-refractivity contribution in [3.05, 3.63) is 56.5 Å². The molecule has 1 aliphatic heterocycles. The Balaban J connectivity index is 1.69. The van der Waals surface area contributed by atoms with E-state index in [2.05, 4.69) is 20.5 Å². The monoisotopic (exact) mass is 355 g/mol. The van der Waals surface area contributed by atoms with Gasteiger partial charge in [0.25, 0.3) is 5.56 Å². The van der Waals surface area contributed by atoms with Crippen LogP contribution in [-0.2, 0) is 0 Å². The highest BCUT2D eigenvalue weighted by molar-refractivity contribution is 6.03. The van der Waals surface area contributed by atoms with E-state index in [9.17, 15) is 14.7 Å². The zero-order chi connectivity index (χ0) is 18.1. The third kappa shape index (κ3) is 2.91. The Kier molecular flexibility index (Phi) is 4.32. The Morgan fingerprint density at radius 1 is 1.19 bits per heavy atom. The first kappa shape index (κ1) is 16.6. The number of nitrogens with one attached hydrogen (secondary N) is 2. The maximum absolute atomic E-state index is 12.4. The van der Waals surface area contributed by atoms with Gasteiger partial charge in [0, 0.05) is 24.9 Å². The fourth-order valence-corrected chi connectivity index (χ4v) is 3.85. The second kappa shape index (κ2) is 6.78. The molecule has 0 saturated heterocycles. The second-order valence-corrected chi connectivity index (χ2v) is 6.85. The summed E-state index contributed by atoms with van der Waals surface area (Å²) < 4.78 is 1.33. The first-order chi connectivity index (χ1) is 12.6. The van der Waals surface area contributed by atoms with Crippen molar-refractivity contribution < 1.29 is 5.11 Å². The highest BCUT2D eigenvalue weighted by Gasteiger charge is 2.29. The standard InChI is InChI=1S/C18H21N5O3/c24-16-15(14-9-13(21-22-14)11-5-4-8-19-10-11)17(25)23(18(26)20-16)12-6-2-1-3-7-12/h4-5,8,10,12-13,21,25H,1-3,6-7,9H2,(H,20,24,26). The smallest absolute Gasteiger partial charge is 0.331 e. The van der Waals surface area contributed by atoms with Crippen LogP contribution >= 0.6 is 0 Å². The summed E-state index contributed by atoms with van der Waals surface area (Å²) in [6.45, 7) is 0. The molecule has 4 rings (SSSR count). The summed E-state index contributed by atoms with van der Waals surface area (Å²) in [5, 5.41) is 15.0. The minimum absolute atomic E-state index is 0.0778. The molecule has 26 heavy (non-hydrogen) atoms. The van der Waals surface area contributed by atoms with Crippen LogP contribution in [0.3, 0.4) is 0 Å². The fourth-order valence-electron chi connectivity index (χ4n) is 3.85. The summed E-state index contributed by atoms with van der Waals surface area (Å²) >= 11 is 0. The molecule has 2 aliphatic rings. The molecule has 1 fully saturated rings. The van der Waals surface area contributed by atoms with Crippen LogP contribution in [-0.4, -0.2) is 25.4 Å². The minimum Gasteiger partial charge on any atom is -0.494 e. The van der Waals surface area contributed by atoms with Gasteiger partial charge in [-0.15, -0.1) is 0 Å². The molecule has 1 saturated carbocycles. The maximum atomic E-state index is 12.4. The third-order valence-electron chi connectivity index (χ3n) is 5.19. The van der Waals surface area contributed by atoms with Crippen LogP contribution in [0.2, 0.25) is 0 Å². The zero-order valence-electron chi connectivity index (χ0n) is 14.3. The van der Waals surface area contributed by atoms with Crippen LogP contribution in [0.25, 0.3) is 0 Å². The number of aromatic amines is 1. The van der Waals surface area contributed by atoms with E-state index in [0.717, 1.165) is 37.7 Å². The number of hydrogen-bond donors (Lipinski definition) is 3. The minimum atomic E-state index is -0.605. The predicted molar refractivity (Wildman–Crippen MR) is 96.4 cm³/mol. The largest absolute Gasteiger partial charge is 0.494 e. The molecule has 0 amide bonds. The van der Waals surface area contributed by atoms with Gasteiger partial charge in [0.1, 0.15) is 5.56 Å². The van der Waals surface area contributed by atoms with Gasteiger partial charge in [0.15, 0.2) is 0 Å². The van der Waals surface area contributed by atoms with Crippen LogP contribution < -0.4 is 16.7 Å². The van der Waals surface area contributed by atoms with Gasteiger partial charge < -0.3 is 10.5 Å². The summed E-state index contributed by atoms with van der Waals surface area (Å²) in [4.78, 5) is 31.1. The van der Waals surface area contributed by atoms with Crippen molar-refractivity contribution in [3.8, 4) is 5.88 Å². The molecule has 3 N–H and O–H groups in total. The van der Waals surface area contributed by atoms with E-state index in [4.69, 9.17) is 0 Å².